The summed E-state index contributed by atoms with van der Waals surface area (Å²) >= 11 is 0. The predicted molar refractivity (Wildman–Crippen MR) is 96.0 cm³/mol. The van der Waals surface area contributed by atoms with E-state index in [0.29, 0.717) is 6.54 Å². The van der Waals surface area contributed by atoms with E-state index in [1.165, 1.54) is 11.1 Å². The molecule has 4 heteroatoms. The zero-order valence-electron chi connectivity index (χ0n) is 13.9. The third-order valence-electron chi connectivity index (χ3n) is 3.49. The van der Waals surface area contributed by atoms with Gasteiger partial charge in [-0.2, -0.15) is 0 Å². The highest BCUT2D eigenvalue weighted by molar-refractivity contribution is 5.79. The summed E-state index contributed by atoms with van der Waals surface area (Å²) in [5.41, 5.74) is 2.40. The van der Waals surface area contributed by atoms with E-state index in [4.69, 9.17) is 4.74 Å². The first-order valence-corrected chi connectivity index (χ1v) is 8.01. The fraction of sp³-hybridized carbons (Fsp3) is 0.316. The number of aliphatic imine (C=N–C) groups is 1. The number of hydrogen-bond donors (Lipinski definition) is 2. The maximum Gasteiger partial charge on any atom is 0.191 e. The van der Waals surface area contributed by atoms with Crippen molar-refractivity contribution in [2.45, 2.75) is 19.9 Å². The summed E-state index contributed by atoms with van der Waals surface area (Å²) in [6.07, 6.45) is 0.889. The molecule has 0 aromatic heterocycles. The van der Waals surface area contributed by atoms with Crippen molar-refractivity contribution in [1.82, 2.24) is 10.6 Å². The van der Waals surface area contributed by atoms with Gasteiger partial charge < -0.3 is 15.4 Å². The molecule has 0 saturated heterocycles. The van der Waals surface area contributed by atoms with Crippen molar-refractivity contribution in [2.75, 3.05) is 20.2 Å². The Bertz CT molecular complexity index is 611. The molecule has 0 aliphatic carbocycles. The summed E-state index contributed by atoms with van der Waals surface area (Å²) in [5.74, 6) is 1.77. The van der Waals surface area contributed by atoms with Gasteiger partial charge in [0.2, 0.25) is 0 Å². The van der Waals surface area contributed by atoms with Crippen molar-refractivity contribution in [2.24, 2.45) is 4.99 Å². The fourth-order valence-corrected chi connectivity index (χ4v) is 2.32. The third-order valence-corrected chi connectivity index (χ3v) is 3.49. The molecule has 2 rings (SSSR count). The third kappa shape index (κ3) is 5.66. The Labute approximate surface area is 138 Å². The Morgan fingerprint density at radius 2 is 1.74 bits per heavy atom. The molecule has 0 aliphatic heterocycles. The molecule has 0 fully saturated rings. The molecule has 4 nitrogen and oxygen atoms in total. The zero-order chi connectivity index (χ0) is 16.3. The molecule has 0 saturated carbocycles. The minimum Gasteiger partial charge on any atom is -0.496 e. The minimum atomic E-state index is 0.671. The van der Waals surface area contributed by atoms with Gasteiger partial charge in [0.05, 0.1) is 13.7 Å². The van der Waals surface area contributed by atoms with E-state index in [2.05, 4.69) is 40.7 Å². The van der Waals surface area contributed by atoms with Gasteiger partial charge in [0.25, 0.3) is 0 Å². The van der Waals surface area contributed by atoms with E-state index in [1.807, 2.05) is 36.4 Å². The van der Waals surface area contributed by atoms with Gasteiger partial charge in [0.1, 0.15) is 5.75 Å². The molecule has 0 amide bonds. The van der Waals surface area contributed by atoms with Gasteiger partial charge in [-0.05, 0) is 30.5 Å². The highest BCUT2D eigenvalue weighted by Crippen LogP contribution is 2.17. The molecule has 0 unspecified atom stereocenters. The normalized spacial score (nSPS) is 11.1. The summed E-state index contributed by atoms with van der Waals surface area (Å²) < 4.78 is 5.38. The van der Waals surface area contributed by atoms with Gasteiger partial charge in [0.15, 0.2) is 5.96 Å². The molecule has 0 bridgehead atoms. The van der Waals surface area contributed by atoms with E-state index in [9.17, 15) is 0 Å². The lowest BCUT2D eigenvalue weighted by atomic mass is 10.1. The largest absolute Gasteiger partial charge is 0.496 e. The van der Waals surface area contributed by atoms with Gasteiger partial charge in [-0.15, -0.1) is 0 Å². The maximum absolute atomic E-state index is 5.38. The number of benzene rings is 2. The molecular formula is C19H25N3O. The molecule has 2 aromatic rings. The van der Waals surface area contributed by atoms with Crippen LogP contribution in [-0.4, -0.2) is 26.2 Å². The quantitative estimate of drug-likeness (QED) is 0.610. The van der Waals surface area contributed by atoms with Gasteiger partial charge >= 0.3 is 0 Å². The van der Waals surface area contributed by atoms with Crippen LogP contribution in [0.25, 0.3) is 0 Å². The van der Waals surface area contributed by atoms with Crippen molar-refractivity contribution in [3.63, 3.8) is 0 Å². The number of guanidine groups is 1. The van der Waals surface area contributed by atoms with Crippen molar-refractivity contribution in [1.29, 1.82) is 0 Å². The molecule has 0 heterocycles. The molecule has 0 spiro atoms. The first-order valence-electron chi connectivity index (χ1n) is 8.01. The first kappa shape index (κ1) is 16.9. The lowest BCUT2D eigenvalue weighted by molar-refractivity contribution is 0.409. The van der Waals surface area contributed by atoms with Crippen LogP contribution in [0, 0.1) is 0 Å². The van der Waals surface area contributed by atoms with Crippen LogP contribution in [-0.2, 0) is 13.0 Å². The number of hydrogen-bond acceptors (Lipinski definition) is 2. The van der Waals surface area contributed by atoms with Crippen LogP contribution in [0.3, 0.4) is 0 Å². The Hall–Kier alpha value is -2.49. The van der Waals surface area contributed by atoms with Crippen LogP contribution < -0.4 is 15.4 Å². The highest BCUT2D eigenvalue weighted by atomic mass is 16.5. The monoisotopic (exact) mass is 311 g/mol. The minimum absolute atomic E-state index is 0.671. The molecule has 122 valence electrons. The lowest BCUT2D eigenvalue weighted by Crippen LogP contribution is -2.38. The molecule has 2 N–H and O–H groups in total. The number of para-hydroxylation sites is 1. The number of nitrogens with one attached hydrogen (secondary N) is 2. The molecule has 0 atom stereocenters. The molecular weight excluding hydrogens is 286 g/mol. The SMILES string of the molecule is CCNC(=NCc1ccccc1)NCCc1ccccc1OC. The summed E-state index contributed by atoms with van der Waals surface area (Å²) in [4.78, 5) is 4.62. The van der Waals surface area contributed by atoms with E-state index in [1.54, 1.807) is 7.11 Å². The smallest absolute Gasteiger partial charge is 0.191 e. The van der Waals surface area contributed by atoms with Crippen LogP contribution in [0.4, 0.5) is 0 Å². The van der Waals surface area contributed by atoms with Crippen molar-refractivity contribution in [3.8, 4) is 5.75 Å². The van der Waals surface area contributed by atoms with Gasteiger partial charge in [-0.3, -0.25) is 0 Å². The van der Waals surface area contributed by atoms with E-state index in [0.717, 1.165) is 31.2 Å². The Morgan fingerprint density at radius 1 is 1.00 bits per heavy atom. The predicted octanol–water partition coefficient (Wildman–Crippen LogP) is 2.99. The zero-order valence-corrected chi connectivity index (χ0v) is 13.9. The van der Waals surface area contributed by atoms with E-state index >= 15 is 0 Å². The summed E-state index contributed by atoms with van der Waals surface area (Å²) in [7, 11) is 1.71. The van der Waals surface area contributed by atoms with Gasteiger partial charge in [-0.1, -0.05) is 48.5 Å². The molecule has 23 heavy (non-hydrogen) atoms. The Balaban J connectivity index is 1.89. The topological polar surface area (TPSA) is 45.7 Å². The van der Waals surface area contributed by atoms with Crippen molar-refractivity contribution >= 4 is 5.96 Å². The van der Waals surface area contributed by atoms with Gasteiger partial charge in [0, 0.05) is 13.1 Å². The first-order chi connectivity index (χ1) is 11.3. The Kier molecular flexibility index (Phi) is 6.98. The highest BCUT2D eigenvalue weighted by Gasteiger charge is 2.02. The number of methoxy groups -OCH3 is 1. The lowest BCUT2D eigenvalue weighted by Gasteiger charge is -2.12. The number of ether oxygens (including phenoxy) is 1. The molecule has 0 aliphatic rings. The average Bonchev–Trinajstić information content (AvgIpc) is 2.61. The standard InChI is InChI=1S/C19H25N3O/c1-3-20-19(22-15-16-9-5-4-6-10-16)21-14-13-17-11-7-8-12-18(17)23-2/h4-12H,3,13-15H2,1-2H3,(H2,20,21,22). The van der Waals surface area contributed by atoms with E-state index < -0.39 is 0 Å². The number of rotatable bonds is 7. The Morgan fingerprint density at radius 3 is 2.48 bits per heavy atom. The van der Waals surface area contributed by atoms with E-state index in [-0.39, 0.29) is 0 Å². The second-order valence-electron chi connectivity index (χ2n) is 5.17. The number of nitrogens with zero attached hydrogens (tertiary/aromatic N) is 1. The summed E-state index contributed by atoms with van der Waals surface area (Å²) in [6.45, 7) is 4.39. The molecule has 2 aromatic carbocycles. The average molecular weight is 311 g/mol. The second-order valence-corrected chi connectivity index (χ2v) is 5.17. The van der Waals surface area contributed by atoms with Crippen LogP contribution in [0.1, 0.15) is 18.1 Å². The second kappa shape index (κ2) is 9.51. The summed E-state index contributed by atoms with van der Waals surface area (Å²) in [5, 5.41) is 6.65. The van der Waals surface area contributed by atoms with Crippen molar-refractivity contribution in [3.05, 3.63) is 65.7 Å². The van der Waals surface area contributed by atoms with Crippen molar-refractivity contribution < 1.29 is 4.74 Å². The van der Waals surface area contributed by atoms with Crippen LogP contribution >= 0.6 is 0 Å². The van der Waals surface area contributed by atoms with Crippen LogP contribution in [0.5, 0.6) is 5.75 Å². The van der Waals surface area contributed by atoms with Crippen LogP contribution in [0.15, 0.2) is 59.6 Å². The molecule has 0 radical (unpaired) electrons. The summed E-state index contributed by atoms with van der Waals surface area (Å²) in [6, 6.07) is 18.4. The fourth-order valence-electron chi connectivity index (χ4n) is 2.32. The maximum atomic E-state index is 5.38. The van der Waals surface area contributed by atoms with Crippen LogP contribution in [0.2, 0.25) is 0 Å². The van der Waals surface area contributed by atoms with Gasteiger partial charge in [-0.25, -0.2) is 4.99 Å².